The molecule has 158 valence electrons. The van der Waals surface area contributed by atoms with Gasteiger partial charge in [0.1, 0.15) is 16.5 Å². The molecule has 3 N–H and O–H groups in total. The van der Waals surface area contributed by atoms with Crippen LogP contribution in [0.1, 0.15) is 46.9 Å². The molecule has 0 atom stereocenters. The predicted octanol–water partition coefficient (Wildman–Crippen LogP) is 3.43. The molecule has 0 spiro atoms. The van der Waals surface area contributed by atoms with Gasteiger partial charge in [-0.1, -0.05) is 19.1 Å². The van der Waals surface area contributed by atoms with Crippen molar-refractivity contribution in [2.75, 3.05) is 18.4 Å². The zero-order valence-electron chi connectivity index (χ0n) is 17.5. The number of hydrogen-bond donors (Lipinski definition) is 3. The zero-order valence-corrected chi connectivity index (χ0v) is 18.4. The number of rotatable bonds is 9. The van der Waals surface area contributed by atoms with Crippen LogP contribution < -0.4 is 16.0 Å². The Morgan fingerprint density at radius 2 is 1.80 bits per heavy atom. The van der Waals surface area contributed by atoms with E-state index in [1.165, 1.54) is 11.8 Å². The van der Waals surface area contributed by atoms with Crippen LogP contribution in [0.4, 0.5) is 5.82 Å². The van der Waals surface area contributed by atoms with Crippen molar-refractivity contribution in [3.8, 4) is 0 Å². The first-order valence-electron chi connectivity index (χ1n) is 10.1. The molecule has 1 aromatic carbocycles. The number of aromatic nitrogens is 2. The van der Waals surface area contributed by atoms with Crippen molar-refractivity contribution < 1.29 is 9.59 Å². The van der Waals surface area contributed by atoms with Crippen molar-refractivity contribution >= 4 is 39.2 Å². The first-order chi connectivity index (χ1) is 14.5. The standard InChI is InChI=1S/C22H27N5O2S/c1-4-18-12-19-20(26-14(2)27-22(19)30-18)25-13-16-6-8-17(9-7-16)21(29)24-11-5-10-23-15(3)28/h6-9,12H,4-5,10-11,13H2,1-3H3,(H,23,28)(H,24,29)(H,25,26,27). The fraction of sp³-hybridized carbons (Fsp3) is 0.364. The first kappa shape index (κ1) is 21.7. The summed E-state index contributed by atoms with van der Waals surface area (Å²) in [5, 5.41) is 10.0. The van der Waals surface area contributed by atoms with Crippen LogP contribution in [-0.2, 0) is 17.8 Å². The summed E-state index contributed by atoms with van der Waals surface area (Å²) < 4.78 is 0. The van der Waals surface area contributed by atoms with E-state index in [2.05, 4.69) is 38.9 Å². The maximum absolute atomic E-state index is 12.2. The first-order valence-corrected chi connectivity index (χ1v) is 10.9. The van der Waals surface area contributed by atoms with Crippen LogP contribution in [0.15, 0.2) is 30.3 Å². The number of hydrogen-bond acceptors (Lipinski definition) is 6. The third-order valence-electron chi connectivity index (χ3n) is 4.59. The molecule has 30 heavy (non-hydrogen) atoms. The van der Waals surface area contributed by atoms with E-state index in [9.17, 15) is 9.59 Å². The molecule has 3 aromatic rings. The Balaban J connectivity index is 1.56. The topological polar surface area (TPSA) is 96.0 Å². The summed E-state index contributed by atoms with van der Waals surface area (Å²) in [6.45, 7) is 7.21. The molecular weight excluding hydrogens is 398 g/mol. The smallest absolute Gasteiger partial charge is 0.251 e. The van der Waals surface area contributed by atoms with E-state index in [-0.39, 0.29) is 11.8 Å². The lowest BCUT2D eigenvalue weighted by molar-refractivity contribution is -0.118. The number of fused-ring (bicyclic) bond motifs is 1. The highest BCUT2D eigenvalue weighted by molar-refractivity contribution is 7.18. The molecule has 0 radical (unpaired) electrons. The van der Waals surface area contributed by atoms with Crippen molar-refractivity contribution in [2.45, 2.75) is 40.2 Å². The number of nitrogens with one attached hydrogen (secondary N) is 3. The molecular formula is C22H27N5O2S. The van der Waals surface area contributed by atoms with E-state index >= 15 is 0 Å². The highest BCUT2D eigenvalue weighted by atomic mass is 32.1. The van der Waals surface area contributed by atoms with Crippen molar-refractivity contribution in [1.29, 1.82) is 0 Å². The number of benzene rings is 1. The fourth-order valence-corrected chi connectivity index (χ4v) is 4.02. The van der Waals surface area contributed by atoms with E-state index in [4.69, 9.17) is 0 Å². The van der Waals surface area contributed by atoms with Gasteiger partial charge in [-0.2, -0.15) is 0 Å². The highest BCUT2D eigenvalue weighted by Crippen LogP contribution is 2.29. The molecule has 2 heterocycles. The minimum absolute atomic E-state index is 0.0619. The Hall–Kier alpha value is -3.00. The Kier molecular flexibility index (Phi) is 7.35. The summed E-state index contributed by atoms with van der Waals surface area (Å²) in [6.07, 6.45) is 1.68. The van der Waals surface area contributed by atoms with E-state index < -0.39 is 0 Å². The van der Waals surface area contributed by atoms with Crippen LogP contribution in [0, 0.1) is 6.92 Å². The van der Waals surface area contributed by atoms with Crippen LogP contribution in [0.5, 0.6) is 0 Å². The third-order valence-corrected chi connectivity index (χ3v) is 5.77. The maximum Gasteiger partial charge on any atom is 0.251 e. The second-order valence-corrected chi connectivity index (χ2v) is 8.16. The van der Waals surface area contributed by atoms with E-state index in [0.29, 0.717) is 31.6 Å². The van der Waals surface area contributed by atoms with Gasteiger partial charge in [0.15, 0.2) is 0 Å². The van der Waals surface area contributed by atoms with Crippen molar-refractivity contribution in [1.82, 2.24) is 20.6 Å². The number of carbonyl (C=O) groups is 2. The number of aryl methyl sites for hydroxylation is 2. The predicted molar refractivity (Wildman–Crippen MR) is 121 cm³/mol. The van der Waals surface area contributed by atoms with Crippen molar-refractivity contribution in [3.05, 3.63) is 52.2 Å². The zero-order chi connectivity index (χ0) is 21.5. The van der Waals surface area contributed by atoms with Gasteiger partial charge in [0.05, 0.1) is 5.39 Å². The van der Waals surface area contributed by atoms with Gasteiger partial charge in [0, 0.05) is 37.0 Å². The van der Waals surface area contributed by atoms with E-state index in [0.717, 1.165) is 33.8 Å². The fourth-order valence-electron chi connectivity index (χ4n) is 3.00. The second kappa shape index (κ2) is 10.2. The minimum Gasteiger partial charge on any atom is -0.365 e. The molecule has 7 nitrogen and oxygen atoms in total. The molecule has 0 saturated carbocycles. The third kappa shape index (κ3) is 5.76. The summed E-state index contributed by atoms with van der Waals surface area (Å²) in [5.74, 6) is 1.42. The second-order valence-electron chi connectivity index (χ2n) is 7.05. The normalized spacial score (nSPS) is 10.8. The van der Waals surface area contributed by atoms with Crippen LogP contribution in [0.3, 0.4) is 0 Å². The quantitative estimate of drug-likeness (QED) is 0.457. The molecule has 0 bridgehead atoms. The molecule has 2 aromatic heterocycles. The molecule has 0 unspecified atom stereocenters. The lowest BCUT2D eigenvalue weighted by Gasteiger charge is -2.09. The van der Waals surface area contributed by atoms with Crippen molar-refractivity contribution in [3.63, 3.8) is 0 Å². The number of nitrogens with zero attached hydrogens (tertiary/aromatic N) is 2. The van der Waals surface area contributed by atoms with Gasteiger partial charge in [0.25, 0.3) is 5.91 Å². The number of anilines is 1. The molecule has 0 saturated heterocycles. The van der Waals surface area contributed by atoms with Crippen LogP contribution in [0.2, 0.25) is 0 Å². The Bertz CT molecular complexity index is 1030. The summed E-state index contributed by atoms with van der Waals surface area (Å²) in [4.78, 5) is 34.4. The lowest BCUT2D eigenvalue weighted by Crippen LogP contribution is -2.28. The van der Waals surface area contributed by atoms with Crippen molar-refractivity contribution in [2.24, 2.45) is 0 Å². The molecule has 8 heteroatoms. The van der Waals surface area contributed by atoms with Gasteiger partial charge < -0.3 is 16.0 Å². The Morgan fingerprint density at radius 3 is 2.50 bits per heavy atom. The largest absolute Gasteiger partial charge is 0.365 e. The number of thiophene rings is 1. The van der Waals surface area contributed by atoms with Gasteiger partial charge in [0.2, 0.25) is 5.91 Å². The van der Waals surface area contributed by atoms with E-state index in [1.54, 1.807) is 11.3 Å². The van der Waals surface area contributed by atoms with Gasteiger partial charge >= 0.3 is 0 Å². The van der Waals surface area contributed by atoms with Crippen LogP contribution in [0.25, 0.3) is 10.2 Å². The molecule has 0 aliphatic carbocycles. The summed E-state index contributed by atoms with van der Waals surface area (Å²) in [5.41, 5.74) is 1.68. The van der Waals surface area contributed by atoms with Gasteiger partial charge in [-0.05, 0) is 43.5 Å². The lowest BCUT2D eigenvalue weighted by atomic mass is 10.1. The number of amides is 2. The number of carbonyl (C=O) groups excluding carboxylic acids is 2. The van der Waals surface area contributed by atoms with Crippen LogP contribution >= 0.6 is 11.3 Å². The SMILES string of the molecule is CCc1cc2c(NCc3ccc(C(=O)NCCCNC(C)=O)cc3)nc(C)nc2s1. The average molecular weight is 426 g/mol. The molecule has 0 aliphatic rings. The van der Waals surface area contributed by atoms with Gasteiger partial charge in [-0.3, -0.25) is 9.59 Å². The van der Waals surface area contributed by atoms with Crippen LogP contribution in [-0.4, -0.2) is 34.9 Å². The van der Waals surface area contributed by atoms with Gasteiger partial charge in [-0.15, -0.1) is 11.3 Å². The monoisotopic (exact) mass is 425 g/mol. The van der Waals surface area contributed by atoms with E-state index in [1.807, 2.05) is 31.2 Å². The minimum atomic E-state index is -0.115. The summed E-state index contributed by atoms with van der Waals surface area (Å²) in [7, 11) is 0. The Labute approximate surface area is 180 Å². The molecule has 2 amide bonds. The summed E-state index contributed by atoms with van der Waals surface area (Å²) >= 11 is 1.71. The Morgan fingerprint density at radius 1 is 1.07 bits per heavy atom. The highest BCUT2D eigenvalue weighted by Gasteiger charge is 2.10. The molecule has 0 fully saturated rings. The summed E-state index contributed by atoms with van der Waals surface area (Å²) in [6, 6.07) is 9.67. The van der Waals surface area contributed by atoms with Gasteiger partial charge in [-0.25, -0.2) is 9.97 Å². The maximum atomic E-state index is 12.2. The molecule has 3 rings (SSSR count). The molecule has 0 aliphatic heterocycles. The average Bonchev–Trinajstić information content (AvgIpc) is 3.15.